The summed E-state index contributed by atoms with van der Waals surface area (Å²) in [7, 11) is 2.04. The fourth-order valence-electron chi connectivity index (χ4n) is 2.74. The van der Waals surface area contributed by atoms with E-state index in [1.54, 1.807) is 0 Å². The SMILES string of the molecule is CNCC(c1cccc(Br)c1)C1CCCNC1. The van der Waals surface area contributed by atoms with Gasteiger partial charge < -0.3 is 10.6 Å². The first-order valence-electron chi connectivity index (χ1n) is 6.42. The standard InChI is InChI=1S/C14H21BrN2/c1-16-10-14(12-5-3-7-17-9-12)11-4-2-6-13(15)8-11/h2,4,6,8,12,14,16-17H,3,5,7,9-10H2,1H3. The summed E-state index contributed by atoms with van der Waals surface area (Å²) in [6.07, 6.45) is 2.64. The zero-order valence-electron chi connectivity index (χ0n) is 10.4. The number of nitrogens with one attached hydrogen (secondary N) is 2. The van der Waals surface area contributed by atoms with Gasteiger partial charge in [-0.3, -0.25) is 0 Å². The zero-order chi connectivity index (χ0) is 12.1. The molecule has 2 atom stereocenters. The predicted octanol–water partition coefficient (Wildman–Crippen LogP) is 2.75. The second kappa shape index (κ2) is 6.53. The predicted molar refractivity (Wildman–Crippen MR) is 76.4 cm³/mol. The highest BCUT2D eigenvalue weighted by Gasteiger charge is 2.24. The number of hydrogen-bond donors (Lipinski definition) is 2. The van der Waals surface area contributed by atoms with Crippen LogP contribution in [0.5, 0.6) is 0 Å². The van der Waals surface area contributed by atoms with E-state index in [0.29, 0.717) is 5.92 Å². The van der Waals surface area contributed by atoms with Crippen LogP contribution in [0.3, 0.4) is 0 Å². The molecule has 0 spiro atoms. The Labute approximate surface area is 112 Å². The van der Waals surface area contributed by atoms with Crippen molar-refractivity contribution in [2.45, 2.75) is 18.8 Å². The molecule has 1 heterocycles. The van der Waals surface area contributed by atoms with Crippen molar-refractivity contribution in [3.63, 3.8) is 0 Å². The van der Waals surface area contributed by atoms with Gasteiger partial charge in [-0.2, -0.15) is 0 Å². The van der Waals surface area contributed by atoms with Gasteiger partial charge in [0, 0.05) is 16.9 Å². The smallest absolute Gasteiger partial charge is 0.0178 e. The first-order chi connectivity index (χ1) is 8.31. The molecule has 1 aromatic rings. The van der Waals surface area contributed by atoms with Crippen LogP contribution in [-0.2, 0) is 0 Å². The van der Waals surface area contributed by atoms with Gasteiger partial charge in [0.15, 0.2) is 0 Å². The summed E-state index contributed by atoms with van der Waals surface area (Å²) in [5, 5.41) is 6.86. The van der Waals surface area contributed by atoms with Gasteiger partial charge in [-0.1, -0.05) is 28.1 Å². The van der Waals surface area contributed by atoms with Crippen LogP contribution >= 0.6 is 15.9 Å². The van der Waals surface area contributed by atoms with Crippen LogP contribution in [0.1, 0.15) is 24.3 Å². The Morgan fingerprint density at radius 2 is 2.41 bits per heavy atom. The lowest BCUT2D eigenvalue weighted by atomic mass is 9.81. The third-order valence-electron chi connectivity index (χ3n) is 3.60. The lowest BCUT2D eigenvalue weighted by molar-refractivity contribution is 0.317. The van der Waals surface area contributed by atoms with E-state index in [1.807, 2.05) is 7.05 Å². The normalized spacial score (nSPS) is 22.4. The van der Waals surface area contributed by atoms with Crippen molar-refractivity contribution < 1.29 is 0 Å². The van der Waals surface area contributed by atoms with Crippen molar-refractivity contribution in [1.29, 1.82) is 0 Å². The van der Waals surface area contributed by atoms with Crippen molar-refractivity contribution in [3.05, 3.63) is 34.3 Å². The fraction of sp³-hybridized carbons (Fsp3) is 0.571. The second-order valence-electron chi connectivity index (χ2n) is 4.83. The molecule has 1 aromatic carbocycles. The number of halogens is 1. The Balaban J connectivity index is 2.15. The van der Waals surface area contributed by atoms with Crippen molar-refractivity contribution in [2.75, 3.05) is 26.7 Å². The number of piperidine rings is 1. The van der Waals surface area contributed by atoms with Crippen molar-refractivity contribution >= 4 is 15.9 Å². The van der Waals surface area contributed by atoms with Crippen LogP contribution in [-0.4, -0.2) is 26.7 Å². The summed E-state index contributed by atoms with van der Waals surface area (Å²) in [5.41, 5.74) is 1.45. The molecule has 1 fully saturated rings. The van der Waals surface area contributed by atoms with E-state index in [4.69, 9.17) is 0 Å². The van der Waals surface area contributed by atoms with E-state index in [2.05, 4.69) is 50.8 Å². The van der Waals surface area contributed by atoms with Crippen molar-refractivity contribution in [3.8, 4) is 0 Å². The maximum absolute atomic E-state index is 3.57. The molecule has 94 valence electrons. The molecule has 2 nitrogen and oxygen atoms in total. The molecule has 1 saturated heterocycles. The Bertz CT molecular complexity index is 348. The van der Waals surface area contributed by atoms with Gasteiger partial charge in [0.25, 0.3) is 0 Å². The highest BCUT2D eigenvalue weighted by atomic mass is 79.9. The van der Waals surface area contributed by atoms with Crippen LogP contribution in [0.4, 0.5) is 0 Å². The average molecular weight is 297 g/mol. The van der Waals surface area contributed by atoms with E-state index in [1.165, 1.54) is 29.4 Å². The van der Waals surface area contributed by atoms with Crippen molar-refractivity contribution in [2.24, 2.45) is 5.92 Å². The molecular weight excluding hydrogens is 276 g/mol. The zero-order valence-corrected chi connectivity index (χ0v) is 12.0. The Morgan fingerprint density at radius 3 is 3.06 bits per heavy atom. The molecular formula is C14H21BrN2. The lowest BCUT2D eigenvalue weighted by Gasteiger charge is -2.31. The number of hydrogen-bond acceptors (Lipinski definition) is 2. The van der Waals surface area contributed by atoms with Gasteiger partial charge in [-0.05, 0) is 56.6 Å². The van der Waals surface area contributed by atoms with Crippen LogP contribution < -0.4 is 10.6 Å². The van der Waals surface area contributed by atoms with Crippen LogP contribution in [0.25, 0.3) is 0 Å². The molecule has 3 heteroatoms. The molecule has 1 aliphatic heterocycles. The van der Waals surface area contributed by atoms with Crippen molar-refractivity contribution in [1.82, 2.24) is 10.6 Å². The van der Waals surface area contributed by atoms with Gasteiger partial charge in [0.1, 0.15) is 0 Å². The maximum Gasteiger partial charge on any atom is 0.0178 e. The monoisotopic (exact) mass is 296 g/mol. The van der Waals surface area contributed by atoms with E-state index in [0.717, 1.165) is 19.0 Å². The first kappa shape index (κ1) is 13.1. The van der Waals surface area contributed by atoms with Crippen LogP contribution in [0, 0.1) is 5.92 Å². The van der Waals surface area contributed by atoms with E-state index >= 15 is 0 Å². The molecule has 1 aliphatic rings. The average Bonchev–Trinajstić information content (AvgIpc) is 2.37. The summed E-state index contributed by atoms with van der Waals surface area (Å²) < 4.78 is 1.18. The topological polar surface area (TPSA) is 24.1 Å². The number of rotatable bonds is 4. The van der Waals surface area contributed by atoms with Gasteiger partial charge >= 0.3 is 0 Å². The van der Waals surface area contributed by atoms with Gasteiger partial charge in [0.2, 0.25) is 0 Å². The summed E-state index contributed by atoms with van der Waals surface area (Å²) in [6.45, 7) is 3.39. The largest absolute Gasteiger partial charge is 0.319 e. The third-order valence-corrected chi connectivity index (χ3v) is 4.10. The molecule has 0 amide bonds. The molecule has 17 heavy (non-hydrogen) atoms. The molecule has 2 unspecified atom stereocenters. The first-order valence-corrected chi connectivity index (χ1v) is 7.21. The second-order valence-corrected chi connectivity index (χ2v) is 5.74. The van der Waals surface area contributed by atoms with Gasteiger partial charge in [0.05, 0.1) is 0 Å². The number of benzene rings is 1. The summed E-state index contributed by atoms with van der Waals surface area (Å²) in [5.74, 6) is 1.37. The Kier molecular flexibility index (Phi) is 5.01. The highest BCUT2D eigenvalue weighted by molar-refractivity contribution is 9.10. The molecule has 0 radical (unpaired) electrons. The highest BCUT2D eigenvalue weighted by Crippen LogP contribution is 2.30. The number of likely N-dealkylation sites (N-methyl/N-ethyl adjacent to an activating group) is 1. The van der Waals surface area contributed by atoms with E-state index < -0.39 is 0 Å². The molecule has 0 aromatic heterocycles. The van der Waals surface area contributed by atoms with E-state index in [-0.39, 0.29) is 0 Å². The Morgan fingerprint density at radius 1 is 1.53 bits per heavy atom. The molecule has 0 aliphatic carbocycles. The summed E-state index contributed by atoms with van der Waals surface area (Å²) >= 11 is 3.57. The minimum atomic E-state index is 0.616. The van der Waals surface area contributed by atoms with Crippen LogP contribution in [0.2, 0.25) is 0 Å². The Hall–Kier alpha value is -0.380. The van der Waals surface area contributed by atoms with Crippen LogP contribution in [0.15, 0.2) is 28.7 Å². The third kappa shape index (κ3) is 3.54. The lowest BCUT2D eigenvalue weighted by Crippen LogP contribution is -2.36. The summed E-state index contributed by atoms with van der Waals surface area (Å²) in [4.78, 5) is 0. The molecule has 2 rings (SSSR count). The molecule has 0 saturated carbocycles. The minimum Gasteiger partial charge on any atom is -0.319 e. The fourth-order valence-corrected chi connectivity index (χ4v) is 3.15. The van der Waals surface area contributed by atoms with Gasteiger partial charge in [-0.15, -0.1) is 0 Å². The summed E-state index contributed by atoms with van der Waals surface area (Å²) in [6, 6.07) is 8.75. The minimum absolute atomic E-state index is 0.616. The van der Waals surface area contributed by atoms with E-state index in [9.17, 15) is 0 Å². The quantitative estimate of drug-likeness (QED) is 0.893. The maximum atomic E-state index is 3.57. The van der Waals surface area contributed by atoms with Gasteiger partial charge in [-0.25, -0.2) is 0 Å². The molecule has 2 N–H and O–H groups in total. The molecule has 0 bridgehead atoms.